The summed E-state index contributed by atoms with van der Waals surface area (Å²) in [5.41, 5.74) is 4.43. The number of aromatic nitrogens is 2. The maximum Gasteiger partial charge on any atom is 0.231 e. The summed E-state index contributed by atoms with van der Waals surface area (Å²) < 4.78 is 28.0. The Bertz CT molecular complexity index is 1320. The summed E-state index contributed by atoms with van der Waals surface area (Å²) in [7, 11) is 0. The minimum Gasteiger partial charge on any atom is -0.454 e. The Hall–Kier alpha value is -3.16. The van der Waals surface area contributed by atoms with Crippen molar-refractivity contribution in [2.24, 2.45) is 0 Å². The number of benzene rings is 3. The van der Waals surface area contributed by atoms with Crippen molar-refractivity contribution in [3.05, 3.63) is 100 Å². The molecule has 0 aliphatic carbocycles. The van der Waals surface area contributed by atoms with Gasteiger partial charge in [-0.1, -0.05) is 53.5 Å². The van der Waals surface area contributed by atoms with Crippen LogP contribution in [-0.2, 0) is 26.2 Å². The number of rotatable bonds is 10. The number of imidazole rings is 1. The Morgan fingerprint density at radius 2 is 1.78 bits per heavy atom. The van der Waals surface area contributed by atoms with Gasteiger partial charge in [-0.3, -0.25) is 4.90 Å². The van der Waals surface area contributed by atoms with Gasteiger partial charge < -0.3 is 14.0 Å². The smallest absolute Gasteiger partial charge is 0.231 e. The van der Waals surface area contributed by atoms with Crippen molar-refractivity contribution >= 4 is 15.9 Å². The number of unbranched alkanes of at least 4 members (excludes halogenated alkanes) is 1. The molecule has 5 rings (SSSR count). The summed E-state index contributed by atoms with van der Waals surface area (Å²) in [5.74, 6) is 2.22. The van der Waals surface area contributed by atoms with E-state index in [0.29, 0.717) is 6.54 Å². The molecule has 0 spiro atoms. The quantitative estimate of drug-likeness (QED) is 0.210. The first-order valence-electron chi connectivity index (χ1n) is 12.3. The molecule has 1 aliphatic rings. The van der Waals surface area contributed by atoms with Crippen molar-refractivity contribution in [1.82, 2.24) is 14.5 Å². The van der Waals surface area contributed by atoms with E-state index in [1.807, 2.05) is 18.3 Å². The van der Waals surface area contributed by atoms with Crippen molar-refractivity contribution in [2.45, 2.75) is 45.9 Å². The van der Waals surface area contributed by atoms with E-state index in [9.17, 15) is 4.39 Å². The Morgan fingerprint density at radius 1 is 0.972 bits per heavy atom. The van der Waals surface area contributed by atoms with E-state index < -0.39 is 0 Å². The minimum absolute atomic E-state index is 0.242. The van der Waals surface area contributed by atoms with E-state index in [0.717, 1.165) is 71.1 Å². The molecule has 0 radical (unpaired) electrons. The van der Waals surface area contributed by atoms with Gasteiger partial charge in [-0.2, -0.15) is 0 Å². The molecular weight excluding hydrogens is 521 g/mol. The molecule has 36 heavy (non-hydrogen) atoms. The van der Waals surface area contributed by atoms with Gasteiger partial charge in [-0.05, 0) is 60.0 Å². The Balaban J connectivity index is 1.46. The van der Waals surface area contributed by atoms with Crippen LogP contribution in [0.3, 0.4) is 0 Å². The van der Waals surface area contributed by atoms with Crippen LogP contribution in [0.25, 0.3) is 11.4 Å². The van der Waals surface area contributed by atoms with E-state index in [2.05, 4.69) is 62.7 Å². The molecule has 0 unspecified atom stereocenters. The number of halogens is 2. The van der Waals surface area contributed by atoms with Gasteiger partial charge in [0.25, 0.3) is 0 Å². The molecule has 186 valence electrons. The molecule has 0 saturated carbocycles. The number of nitrogens with zero attached hydrogens (tertiary/aromatic N) is 3. The molecule has 0 fully saturated rings. The average molecular weight is 550 g/mol. The highest BCUT2D eigenvalue weighted by molar-refractivity contribution is 9.10. The molecule has 0 bridgehead atoms. The number of ether oxygens (including phenoxy) is 2. The van der Waals surface area contributed by atoms with Crippen LogP contribution < -0.4 is 9.47 Å². The Morgan fingerprint density at radius 3 is 2.58 bits per heavy atom. The van der Waals surface area contributed by atoms with Gasteiger partial charge in [-0.25, -0.2) is 9.37 Å². The second kappa shape index (κ2) is 11.3. The van der Waals surface area contributed by atoms with E-state index in [1.165, 1.54) is 17.7 Å². The normalized spacial score (nSPS) is 12.4. The molecule has 7 heteroatoms. The lowest BCUT2D eigenvalue weighted by molar-refractivity contribution is 0.174. The molecule has 4 aromatic rings. The SMILES string of the molecule is CCCCn1c(CN(Cc2ccc3c(c2)OCO3)Cc2ccccc2Br)cnc1-c1ccc(F)cc1. The van der Waals surface area contributed by atoms with Gasteiger partial charge in [0.05, 0.1) is 11.9 Å². The highest BCUT2D eigenvalue weighted by atomic mass is 79.9. The van der Waals surface area contributed by atoms with E-state index in [-0.39, 0.29) is 12.6 Å². The van der Waals surface area contributed by atoms with Gasteiger partial charge in [0, 0.05) is 36.2 Å². The van der Waals surface area contributed by atoms with Gasteiger partial charge in [0.15, 0.2) is 11.5 Å². The second-order valence-corrected chi connectivity index (χ2v) is 9.86. The maximum absolute atomic E-state index is 13.6. The number of hydrogen-bond donors (Lipinski definition) is 0. The zero-order valence-electron chi connectivity index (χ0n) is 20.3. The molecule has 3 aromatic carbocycles. The third-order valence-electron chi connectivity index (χ3n) is 6.36. The fourth-order valence-electron chi connectivity index (χ4n) is 4.49. The molecule has 0 N–H and O–H groups in total. The molecule has 5 nitrogen and oxygen atoms in total. The molecule has 0 atom stereocenters. The first kappa shape index (κ1) is 24.5. The first-order valence-corrected chi connectivity index (χ1v) is 13.0. The number of hydrogen-bond acceptors (Lipinski definition) is 4. The summed E-state index contributed by atoms with van der Waals surface area (Å²) >= 11 is 3.71. The largest absolute Gasteiger partial charge is 0.454 e. The van der Waals surface area contributed by atoms with Crippen LogP contribution in [0.1, 0.15) is 36.6 Å². The van der Waals surface area contributed by atoms with Crippen molar-refractivity contribution < 1.29 is 13.9 Å². The third-order valence-corrected chi connectivity index (χ3v) is 7.13. The standard InChI is InChI=1S/C29H29BrFN3O2/c1-2-3-14-34-25(16-32-29(34)22-9-11-24(31)12-10-22)19-33(18-23-6-4-5-7-26(23)30)17-21-8-13-27-28(15-21)36-20-35-27/h4-13,15-16H,2-3,14,17-20H2,1H3. The van der Waals surface area contributed by atoms with Crippen LogP contribution in [0.15, 0.2) is 77.4 Å². The average Bonchev–Trinajstić information content (AvgIpc) is 3.51. The Labute approximate surface area is 219 Å². The molecule has 0 amide bonds. The van der Waals surface area contributed by atoms with Crippen LogP contribution in [0.4, 0.5) is 4.39 Å². The molecular formula is C29H29BrFN3O2. The third kappa shape index (κ3) is 5.63. The van der Waals surface area contributed by atoms with Crippen LogP contribution in [0.5, 0.6) is 11.5 Å². The van der Waals surface area contributed by atoms with Gasteiger partial charge in [0.2, 0.25) is 6.79 Å². The fraction of sp³-hybridized carbons (Fsp3) is 0.276. The van der Waals surface area contributed by atoms with Crippen LogP contribution in [-0.4, -0.2) is 21.2 Å². The predicted octanol–water partition coefficient (Wildman–Crippen LogP) is 7.18. The van der Waals surface area contributed by atoms with Crippen molar-refractivity contribution in [1.29, 1.82) is 0 Å². The summed E-state index contributed by atoms with van der Waals surface area (Å²) in [6, 6.07) is 21.0. The van der Waals surface area contributed by atoms with E-state index in [4.69, 9.17) is 14.5 Å². The molecule has 0 saturated heterocycles. The van der Waals surface area contributed by atoms with Crippen molar-refractivity contribution in [3.8, 4) is 22.9 Å². The topological polar surface area (TPSA) is 39.5 Å². The lowest BCUT2D eigenvalue weighted by atomic mass is 10.1. The number of fused-ring (bicyclic) bond motifs is 1. The summed E-state index contributed by atoms with van der Waals surface area (Å²) in [5, 5.41) is 0. The second-order valence-electron chi connectivity index (χ2n) is 9.01. The monoisotopic (exact) mass is 549 g/mol. The predicted molar refractivity (Wildman–Crippen MR) is 142 cm³/mol. The zero-order chi connectivity index (χ0) is 24.9. The van der Waals surface area contributed by atoms with Crippen molar-refractivity contribution in [2.75, 3.05) is 6.79 Å². The van der Waals surface area contributed by atoms with Gasteiger partial charge in [-0.15, -0.1) is 0 Å². The molecule has 1 aliphatic heterocycles. The van der Waals surface area contributed by atoms with Gasteiger partial charge in [0.1, 0.15) is 11.6 Å². The highest BCUT2D eigenvalue weighted by Gasteiger charge is 2.19. The van der Waals surface area contributed by atoms with Crippen LogP contribution in [0.2, 0.25) is 0 Å². The summed E-state index contributed by atoms with van der Waals surface area (Å²) in [6.07, 6.45) is 4.09. The highest BCUT2D eigenvalue weighted by Crippen LogP contribution is 2.33. The van der Waals surface area contributed by atoms with Crippen LogP contribution in [0, 0.1) is 5.82 Å². The lowest BCUT2D eigenvalue weighted by Gasteiger charge is -2.24. The fourth-order valence-corrected chi connectivity index (χ4v) is 4.90. The Kier molecular flexibility index (Phi) is 7.68. The lowest BCUT2D eigenvalue weighted by Crippen LogP contribution is -2.24. The van der Waals surface area contributed by atoms with Crippen LogP contribution >= 0.6 is 15.9 Å². The zero-order valence-corrected chi connectivity index (χ0v) is 21.9. The summed E-state index contributed by atoms with van der Waals surface area (Å²) in [4.78, 5) is 7.18. The maximum atomic E-state index is 13.6. The summed E-state index contributed by atoms with van der Waals surface area (Å²) in [6.45, 7) is 5.54. The van der Waals surface area contributed by atoms with Gasteiger partial charge >= 0.3 is 0 Å². The first-order chi connectivity index (χ1) is 17.6. The van der Waals surface area contributed by atoms with E-state index >= 15 is 0 Å². The molecule has 2 heterocycles. The minimum atomic E-state index is -0.242. The van der Waals surface area contributed by atoms with Crippen molar-refractivity contribution in [3.63, 3.8) is 0 Å². The van der Waals surface area contributed by atoms with E-state index in [1.54, 1.807) is 12.1 Å². The molecule has 1 aromatic heterocycles.